The monoisotopic (exact) mass is 219 g/mol. The quantitative estimate of drug-likeness (QED) is 0.863. The van der Waals surface area contributed by atoms with Crippen LogP contribution in [0.15, 0.2) is 42.7 Å². The maximum atomic E-state index is 5.68. The number of aromatic nitrogens is 2. The summed E-state index contributed by atoms with van der Waals surface area (Å²) < 4.78 is 0. The first-order valence-electron chi connectivity index (χ1n) is 4.60. The molecule has 1 heterocycles. The van der Waals surface area contributed by atoms with Gasteiger partial charge in [0.1, 0.15) is 0 Å². The lowest BCUT2D eigenvalue weighted by molar-refractivity contribution is 1.05. The smallest absolute Gasteiger partial charge is 0.222 e. The lowest BCUT2D eigenvalue weighted by atomic mass is 10.2. The fourth-order valence-corrected chi connectivity index (χ4v) is 1.28. The average Bonchev–Trinajstić information content (AvgIpc) is 2.30. The molecule has 4 heteroatoms. The summed E-state index contributed by atoms with van der Waals surface area (Å²) >= 11 is 5.68. The van der Waals surface area contributed by atoms with Gasteiger partial charge in [0.15, 0.2) is 0 Å². The molecule has 76 valence electrons. The Morgan fingerprint density at radius 3 is 2.40 bits per heavy atom. The van der Waals surface area contributed by atoms with Gasteiger partial charge in [-0.15, -0.1) is 0 Å². The van der Waals surface area contributed by atoms with Crippen LogP contribution in [0.3, 0.4) is 0 Å². The summed E-state index contributed by atoms with van der Waals surface area (Å²) in [5.74, 6) is 0.586. The van der Waals surface area contributed by atoms with E-state index in [0.29, 0.717) is 17.5 Å². The number of rotatable bonds is 3. The van der Waals surface area contributed by atoms with E-state index < -0.39 is 0 Å². The van der Waals surface area contributed by atoms with E-state index >= 15 is 0 Å². The van der Waals surface area contributed by atoms with Crippen LogP contribution in [0.4, 0.5) is 5.95 Å². The fraction of sp³-hybridized carbons (Fsp3) is 0.0909. The van der Waals surface area contributed by atoms with E-state index in [1.807, 2.05) is 30.3 Å². The highest BCUT2D eigenvalue weighted by molar-refractivity contribution is 6.30. The van der Waals surface area contributed by atoms with Crippen molar-refractivity contribution in [2.45, 2.75) is 6.54 Å². The van der Waals surface area contributed by atoms with Crippen LogP contribution in [-0.4, -0.2) is 9.97 Å². The van der Waals surface area contributed by atoms with Gasteiger partial charge >= 0.3 is 0 Å². The summed E-state index contributed by atoms with van der Waals surface area (Å²) in [7, 11) is 0. The number of nitrogens with one attached hydrogen (secondary N) is 1. The summed E-state index contributed by atoms with van der Waals surface area (Å²) in [6.45, 7) is 0.711. The molecule has 2 aromatic rings. The first kappa shape index (κ1) is 9.93. The van der Waals surface area contributed by atoms with Crippen LogP contribution in [0.1, 0.15) is 5.56 Å². The van der Waals surface area contributed by atoms with E-state index in [9.17, 15) is 0 Å². The topological polar surface area (TPSA) is 37.8 Å². The van der Waals surface area contributed by atoms with Gasteiger partial charge in [0, 0.05) is 6.54 Å². The third-order valence-electron chi connectivity index (χ3n) is 1.91. The molecule has 1 aromatic carbocycles. The molecule has 3 nitrogen and oxygen atoms in total. The second-order valence-corrected chi connectivity index (χ2v) is 3.50. The van der Waals surface area contributed by atoms with E-state index in [1.165, 1.54) is 5.56 Å². The Morgan fingerprint density at radius 2 is 1.73 bits per heavy atom. The molecular formula is C11H10ClN3. The van der Waals surface area contributed by atoms with Crippen molar-refractivity contribution in [3.63, 3.8) is 0 Å². The second-order valence-electron chi connectivity index (χ2n) is 3.06. The molecule has 0 saturated heterocycles. The molecule has 1 aromatic heterocycles. The van der Waals surface area contributed by atoms with Gasteiger partial charge in [-0.05, 0) is 5.56 Å². The number of halogens is 1. The maximum absolute atomic E-state index is 5.68. The summed E-state index contributed by atoms with van der Waals surface area (Å²) in [5, 5.41) is 3.65. The largest absolute Gasteiger partial charge is 0.350 e. The van der Waals surface area contributed by atoms with Gasteiger partial charge in [-0.1, -0.05) is 41.9 Å². The van der Waals surface area contributed by atoms with E-state index in [1.54, 1.807) is 12.4 Å². The third-order valence-corrected chi connectivity index (χ3v) is 2.11. The maximum Gasteiger partial charge on any atom is 0.222 e. The fourth-order valence-electron chi connectivity index (χ4n) is 1.18. The van der Waals surface area contributed by atoms with Crippen LogP contribution >= 0.6 is 11.6 Å². The summed E-state index contributed by atoms with van der Waals surface area (Å²) in [6, 6.07) is 10.1. The van der Waals surface area contributed by atoms with Gasteiger partial charge in [-0.2, -0.15) is 0 Å². The first-order chi connectivity index (χ1) is 7.34. The number of anilines is 1. The van der Waals surface area contributed by atoms with Crippen LogP contribution in [0.2, 0.25) is 5.02 Å². The van der Waals surface area contributed by atoms with Gasteiger partial charge in [0.05, 0.1) is 17.4 Å². The van der Waals surface area contributed by atoms with E-state index in [0.717, 1.165) is 0 Å². The molecule has 0 aliphatic rings. The molecule has 2 rings (SSSR count). The van der Waals surface area contributed by atoms with Crippen molar-refractivity contribution >= 4 is 17.5 Å². The minimum Gasteiger partial charge on any atom is -0.350 e. The molecule has 0 spiro atoms. The minimum atomic E-state index is 0.542. The van der Waals surface area contributed by atoms with Crippen molar-refractivity contribution in [1.82, 2.24) is 9.97 Å². The number of hydrogen-bond donors (Lipinski definition) is 1. The van der Waals surface area contributed by atoms with Crippen LogP contribution in [-0.2, 0) is 6.54 Å². The molecule has 0 amide bonds. The molecule has 0 aliphatic carbocycles. The van der Waals surface area contributed by atoms with E-state index in [-0.39, 0.29) is 0 Å². The van der Waals surface area contributed by atoms with Crippen molar-refractivity contribution < 1.29 is 0 Å². The summed E-state index contributed by atoms with van der Waals surface area (Å²) in [6.07, 6.45) is 3.14. The first-order valence-corrected chi connectivity index (χ1v) is 4.98. The molecule has 0 aliphatic heterocycles. The zero-order valence-corrected chi connectivity index (χ0v) is 8.78. The van der Waals surface area contributed by atoms with Crippen molar-refractivity contribution in [2.24, 2.45) is 0 Å². The third kappa shape index (κ3) is 2.92. The Kier molecular flexibility index (Phi) is 3.15. The Hall–Kier alpha value is -1.61. The predicted molar refractivity (Wildman–Crippen MR) is 60.8 cm³/mol. The van der Waals surface area contributed by atoms with Crippen LogP contribution in [0, 0.1) is 0 Å². The van der Waals surface area contributed by atoms with Gasteiger partial charge in [0.2, 0.25) is 5.95 Å². The van der Waals surface area contributed by atoms with Gasteiger partial charge in [-0.25, -0.2) is 9.97 Å². The van der Waals surface area contributed by atoms with Gasteiger partial charge < -0.3 is 5.32 Å². The highest BCUT2D eigenvalue weighted by Crippen LogP contribution is 2.07. The Morgan fingerprint density at radius 1 is 1.07 bits per heavy atom. The summed E-state index contributed by atoms with van der Waals surface area (Å²) in [4.78, 5) is 8.08. The Balaban J connectivity index is 1.96. The highest BCUT2D eigenvalue weighted by atomic mass is 35.5. The molecule has 0 radical (unpaired) electrons. The Bertz CT molecular complexity index is 414. The standard InChI is InChI=1S/C11H10ClN3/c12-10-7-14-11(15-8-10)13-6-9-4-2-1-3-5-9/h1-5,7-8H,6H2,(H,13,14,15). The molecule has 0 bridgehead atoms. The predicted octanol–water partition coefficient (Wildman–Crippen LogP) is 2.74. The molecule has 0 atom stereocenters. The molecule has 1 N–H and O–H groups in total. The lowest BCUT2D eigenvalue weighted by Crippen LogP contribution is -2.02. The second kappa shape index (κ2) is 4.75. The van der Waals surface area contributed by atoms with Crippen LogP contribution in [0.25, 0.3) is 0 Å². The molecule has 0 fully saturated rings. The van der Waals surface area contributed by atoms with E-state index in [4.69, 9.17) is 11.6 Å². The molecule has 15 heavy (non-hydrogen) atoms. The molecular weight excluding hydrogens is 210 g/mol. The zero-order chi connectivity index (χ0) is 10.5. The highest BCUT2D eigenvalue weighted by Gasteiger charge is 1.95. The lowest BCUT2D eigenvalue weighted by Gasteiger charge is -2.03. The van der Waals surface area contributed by atoms with Crippen molar-refractivity contribution in [3.8, 4) is 0 Å². The van der Waals surface area contributed by atoms with Crippen molar-refractivity contribution in [2.75, 3.05) is 5.32 Å². The Labute approximate surface area is 93.1 Å². The molecule has 0 unspecified atom stereocenters. The van der Waals surface area contributed by atoms with E-state index in [2.05, 4.69) is 15.3 Å². The van der Waals surface area contributed by atoms with Crippen molar-refractivity contribution in [1.29, 1.82) is 0 Å². The normalized spacial score (nSPS) is 9.93. The zero-order valence-electron chi connectivity index (χ0n) is 8.02. The van der Waals surface area contributed by atoms with Gasteiger partial charge in [-0.3, -0.25) is 0 Å². The minimum absolute atomic E-state index is 0.542. The number of nitrogens with zero attached hydrogens (tertiary/aromatic N) is 2. The molecule has 0 saturated carbocycles. The summed E-state index contributed by atoms with van der Waals surface area (Å²) in [5.41, 5.74) is 1.19. The van der Waals surface area contributed by atoms with Gasteiger partial charge in [0.25, 0.3) is 0 Å². The van der Waals surface area contributed by atoms with Crippen LogP contribution < -0.4 is 5.32 Å². The average molecular weight is 220 g/mol. The SMILES string of the molecule is Clc1cnc(NCc2ccccc2)nc1. The number of benzene rings is 1. The number of hydrogen-bond acceptors (Lipinski definition) is 3. The van der Waals surface area contributed by atoms with Crippen LogP contribution in [0.5, 0.6) is 0 Å². The van der Waals surface area contributed by atoms with Crippen molar-refractivity contribution in [3.05, 3.63) is 53.3 Å².